The smallest absolute Gasteiger partial charge is 0.128 e. The van der Waals surface area contributed by atoms with Gasteiger partial charge in [0.15, 0.2) is 0 Å². The van der Waals surface area contributed by atoms with Gasteiger partial charge in [-0.15, -0.1) is 0 Å². The molecule has 0 aliphatic carbocycles. The molecule has 0 bridgehead atoms. The van der Waals surface area contributed by atoms with Crippen molar-refractivity contribution in [3.05, 3.63) is 69.8 Å². The fraction of sp³-hybridized carbons (Fsp3) is 0.294. The van der Waals surface area contributed by atoms with Gasteiger partial charge in [0.25, 0.3) is 0 Å². The third-order valence-corrected chi connectivity index (χ3v) is 3.62. The van der Waals surface area contributed by atoms with Crippen LogP contribution in [0, 0.1) is 32.4 Å². The molecule has 2 aromatic carbocycles. The molecule has 1 unspecified atom stereocenters. The van der Waals surface area contributed by atoms with Crippen LogP contribution in [0.1, 0.15) is 33.9 Å². The minimum Gasteiger partial charge on any atom is -0.324 e. The van der Waals surface area contributed by atoms with Crippen molar-refractivity contribution in [3.8, 4) is 0 Å². The van der Waals surface area contributed by atoms with E-state index in [0.29, 0.717) is 12.0 Å². The Kier molecular flexibility index (Phi) is 4.19. The van der Waals surface area contributed by atoms with Crippen molar-refractivity contribution >= 4 is 0 Å². The quantitative estimate of drug-likeness (QED) is 0.895. The van der Waals surface area contributed by atoms with E-state index in [1.807, 2.05) is 32.0 Å². The van der Waals surface area contributed by atoms with Gasteiger partial charge in [0.1, 0.15) is 11.6 Å². The van der Waals surface area contributed by atoms with Gasteiger partial charge in [-0.2, -0.15) is 0 Å². The van der Waals surface area contributed by atoms with E-state index in [4.69, 9.17) is 5.73 Å². The Labute approximate surface area is 118 Å². The Morgan fingerprint density at radius 1 is 0.950 bits per heavy atom. The number of halogens is 2. The predicted molar refractivity (Wildman–Crippen MR) is 77.6 cm³/mol. The molecule has 0 aromatic heterocycles. The van der Waals surface area contributed by atoms with Crippen molar-refractivity contribution in [1.82, 2.24) is 0 Å². The number of benzene rings is 2. The number of aryl methyl sites for hydroxylation is 3. The Bertz CT molecular complexity index is 635. The zero-order valence-electron chi connectivity index (χ0n) is 12.0. The zero-order valence-corrected chi connectivity index (χ0v) is 12.0. The van der Waals surface area contributed by atoms with Gasteiger partial charge in [0.05, 0.1) is 0 Å². The molecule has 0 saturated carbocycles. The maximum absolute atomic E-state index is 13.9. The van der Waals surface area contributed by atoms with Crippen LogP contribution in [-0.4, -0.2) is 0 Å². The van der Waals surface area contributed by atoms with E-state index in [2.05, 4.69) is 0 Å². The van der Waals surface area contributed by atoms with Crippen molar-refractivity contribution in [2.24, 2.45) is 5.73 Å². The summed E-state index contributed by atoms with van der Waals surface area (Å²) in [7, 11) is 0. The summed E-state index contributed by atoms with van der Waals surface area (Å²) in [4.78, 5) is 0. The first-order chi connectivity index (χ1) is 9.38. The molecule has 0 spiro atoms. The Hall–Kier alpha value is -1.74. The van der Waals surface area contributed by atoms with Crippen LogP contribution in [0.5, 0.6) is 0 Å². The van der Waals surface area contributed by atoms with Crippen LogP contribution < -0.4 is 5.73 Å². The number of hydrogen-bond acceptors (Lipinski definition) is 1. The summed E-state index contributed by atoms with van der Waals surface area (Å²) in [5.41, 5.74) is 9.90. The van der Waals surface area contributed by atoms with Crippen molar-refractivity contribution in [2.45, 2.75) is 33.2 Å². The molecule has 1 atom stereocenters. The average Bonchev–Trinajstić information content (AvgIpc) is 2.38. The van der Waals surface area contributed by atoms with Gasteiger partial charge < -0.3 is 5.73 Å². The maximum atomic E-state index is 13.9. The summed E-state index contributed by atoms with van der Waals surface area (Å²) in [6.07, 6.45) is 0.493. The van der Waals surface area contributed by atoms with E-state index in [-0.39, 0.29) is 5.56 Å². The van der Waals surface area contributed by atoms with Crippen molar-refractivity contribution in [3.63, 3.8) is 0 Å². The molecule has 0 radical (unpaired) electrons. The summed E-state index contributed by atoms with van der Waals surface area (Å²) >= 11 is 0. The lowest BCUT2D eigenvalue weighted by Gasteiger charge is -2.16. The molecule has 0 fully saturated rings. The lowest BCUT2D eigenvalue weighted by Crippen LogP contribution is -2.16. The average molecular weight is 275 g/mol. The third kappa shape index (κ3) is 3.05. The van der Waals surface area contributed by atoms with E-state index in [1.165, 1.54) is 12.1 Å². The highest BCUT2D eigenvalue weighted by Crippen LogP contribution is 2.24. The van der Waals surface area contributed by atoms with Crippen molar-refractivity contribution in [1.29, 1.82) is 0 Å². The first-order valence-electron chi connectivity index (χ1n) is 6.65. The van der Waals surface area contributed by atoms with Gasteiger partial charge in [0, 0.05) is 11.6 Å². The molecule has 2 rings (SSSR count). The minimum absolute atomic E-state index is 0.231. The zero-order chi connectivity index (χ0) is 14.9. The minimum atomic E-state index is -0.550. The van der Waals surface area contributed by atoms with Crippen molar-refractivity contribution in [2.75, 3.05) is 0 Å². The van der Waals surface area contributed by atoms with Gasteiger partial charge in [-0.05, 0) is 56.0 Å². The first-order valence-corrected chi connectivity index (χ1v) is 6.65. The summed E-state index contributed by atoms with van der Waals surface area (Å²) < 4.78 is 27.5. The standard InChI is InChI=1S/C17H19F2N/c1-10-4-5-11(2)13(6-10)8-17(20)14-9-15(18)12(3)7-16(14)19/h4-7,9,17H,8,20H2,1-3H3. The second-order valence-electron chi connectivity index (χ2n) is 5.36. The van der Waals surface area contributed by atoms with E-state index >= 15 is 0 Å². The molecule has 20 heavy (non-hydrogen) atoms. The molecule has 0 saturated heterocycles. The summed E-state index contributed by atoms with van der Waals surface area (Å²) in [5, 5.41) is 0. The molecular weight excluding hydrogens is 256 g/mol. The van der Waals surface area contributed by atoms with Gasteiger partial charge >= 0.3 is 0 Å². The summed E-state index contributed by atoms with van der Waals surface area (Å²) in [6, 6.07) is 7.94. The predicted octanol–water partition coefficient (Wildman–Crippen LogP) is 4.13. The van der Waals surface area contributed by atoms with Gasteiger partial charge in [-0.25, -0.2) is 8.78 Å². The Balaban J connectivity index is 2.30. The second-order valence-corrected chi connectivity index (χ2v) is 5.36. The molecule has 0 aliphatic heterocycles. The molecule has 1 nitrogen and oxygen atoms in total. The van der Waals surface area contributed by atoms with Crippen molar-refractivity contribution < 1.29 is 8.78 Å². The monoisotopic (exact) mass is 275 g/mol. The molecule has 2 N–H and O–H groups in total. The van der Waals surface area contributed by atoms with Crippen LogP contribution in [0.3, 0.4) is 0 Å². The van der Waals surface area contributed by atoms with E-state index in [0.717, 1.165) is 16.7 Å². The van der Waals surface area contributed by atoms with E-state index in [9.17, 15) is 8.78 Å². The first kappa shape index (κ1) is 14.7. The summed E-state index contributed by atoms with van der Waals surface area (Å²) in [6.45, 7) is 5.53. The lowest BCUT2D eigenvalue weighted by molar-refractivity contribution is 0.556. The molecule has 0 aliphatic rings. The third-order valence-electron chi connectivity index (χ3n) is 3.62. The van der Waals surface area contributed by atoms with Gasteiger partial charge in [0.2, 0.25) is 0 Å². The van der Waals surface area contributed by atoms with Crippen LogP contribution >= 0.6 is 0 Å². The molecule has 0 heterocycles. The largest absolute Gasteiger partial charge is 0.324 e. The van der Waals surface area contributed by atoms with E-state index < -0.39 is 17.7 Å². The van der Waals surface area contributed by atoms with E-state index in [1.54, 1.807) is 6.92 Å². The van der Waals surface area contributed by atoms with Gasteiger partial charge in [-0.1, -0.05) is 23.8 Å². The Morgan fingerprint density at radius 3 is 2.35 bits per heavy atom. The molecule has 106 valence electrons. The molecular formula is C17H19F2N. The number of nitrogens with two attached hydrogens (primary N) is 1. The topological polar surface area (TPSA) is 26.0 Å². The lowest BCUT2D eigenvalue weighted by atomic mass is 9.94. The number of hydrogen-bond donors (Lipinski definition) is 1. The van der Waals surface area contributed by atoms with Crippen LogP contribution in [0.15, 0.2) is 30.3 Å². The highest BCUT2D eigenvalue weighted by molar-refractivity contribution is 5.34. The van der Waals surface area contributed by atoms with Crippen LogP contribution in [0.2, 0.25) is 0 Å². The fourth-order valence-corrected chi connectivity index (χ4v) is 2.31. The van der Waals surface area contributed by atoms with Gasteiger partial charge in [-0.3, -0.25) is 0 Å². The van der Waals surface area contributed by atoms with Crippen LogP contribution in [0.4, 0.5) is 8.78 Å². The normalized spacial score (nSPS) is 12.5. The summed E-state index contributed by atoms with van der Waals surface area (Å²) in [5.74, 6) is -0.862. The molecule has 3 heteroatoms. The Morgan fingerprint density at radius 2 is 1.65 bits per heavy atom. The highest BCUT2D eigenvalue weighted by atomic mass is 19.1. The second kappa shape index (κ2) is 5.71. The SMILES string of the molecule is Cc1ccc(C)c(CC(N)c2cc(F)c(C)cc2F)c1. The molecule has 2 aromatic rings. The van der Waals surface area contributed by atoms with Crippen LogP contribution in [-0.2, 0) is 6.42 Å². The maximum Gasteiger partial charge on any atom is 0.128 e. The number of rotatable bonds is 3. The van der Waals surface area contributed by atoms with Crippen LogP contribution in [0.25, 0.3) is 0 Å². The fourth-order valence-electron chi connectivity index (χ4n) is 2.31. The highest BCUT2D eigenvalue weighted by Gasteiger charge is 2.15. The molecule has 0 amide bonds.